The van der Waals surface area contributed by atoms with Crippen molar-refractivity contribution in [2.24, 2.45) is 5.92 Å². The third kappa shape index (κ3) is 6.82. The van der Waals surface area contributed by atoms with Gasteiger partial charge in [-0.3, -0.25) is 9.59 Å². The number of amides is 2. The van der Waals surface area contributed by atoms with Crippen LogP contribution in [-0.2, 0) is 27.4 Å². The molecule has 1 aromatic carbocycles. The number of halogens is 1. The Hall–Kier alpha value is -2.85. The molecule has 1 aliphatic rings. The number of carbonyl (C=O) groups excluding carboxylic acids is 2. The highest BCUT2D eigenvalue weighted by Gasteiger charge is 2.29. The second kappa shape index (κ2) is 11.9. The van der Waals surface area contributed by atoms with Crippen molar-refractivity contribution in [2.75, 3.05) is 26.3 Å². The summed E-state index contributed by atoms with van der Waals surface area (Å²) in [5.41, 5.74) is 1.55. The van der Waals surface area contributed by atoms with Crippen LogP contribution in [0.3, 0.4) is 0 Å². The van der Waals surface area contributed by atoms with E-state index in [1.54, 1.807) is 30.2 Å². The second-order valence-corrected chi connectivity index (χ2v) is 8.03. The lowest BCUT2D eigenvalue weighted by molar-refractivity contribution is -0.145. The molecule has 0 bridgehead atoms. The molecule has 33 heavy (non-hydrogen) atoms. The van der Waals surface area contributed by atoms with Crippen LogP contribution in [0.25, 0.3) is 0 Å². The van der Waals surface area contributed by atoms with Crippen molar-refractivity contribution in [3.8, 4) is 0 Å². The maximum Gasteiger partial charge on any atom is 0.276 e. The molecule has 1 aliphatic heterocycles. The van der Waals surface area contributed by atoms with Crippen LogP contribution in [0.2, 0.25) is 0 Å². The first kappa shape index (κ1) is 24.8. The molecule has 1 N–H and O–H groups in total. The number of ether oxygens (including phenoxy) is 2. The summed E-state index contributed by atoms with van der Waals surface area (Å²) in [6.07, 6.45) is 2.26. The van der Waals surface area contributed by atoms with Gasteiger partial charge in [0.2, 0.25) is 5.91 Å². The number of rotatable bonds is 10. The highest BCUT2D eigenvalue weighted by Crippen LogP contribution is 2.19. The van der Waals surface area contributed by atoms with Crippen LogP contribution in [0.4, 0.5) is 4.39 Å². The molecule has 2 amide bonds. The molecule has 1 saturated heterocycles. The van der Waals surface area contributed by atoms with Crippen LogP contribution in [-0.4, -0.2) is 64.3 Å². The van der Waals surface area contributed by atoms with E-state index in [1.807, 2.05) is 13.8 Å². The Bertz CT molecular complexity index is 937. The minimum Gasteiger partial charge on any atom is -0.352 e. The van der Waals surface area contributed by atoms with Crippen LogP contribution < -0.4 is 5.32 Å². The monoisotopic (exact) mass is 461 g/mol. The fourth-order valence-electron chi connectivity index (χ4n) is 3.75. The van der Waals surface area contributed by atoms with Gasteiger partial charge in [0.1, 0.15) is 5.82 Å². The predicted octanol–water partition coefficient (Wildman–Crippen LogP) is 2.29. The van der Waals surface area contributed by atoms with Crippen molar-refractivity contribution in [3.05, 3.63) is 47.0 Å². The number of hydrogen-bond donors (Lipinski definition) is 1. The van der Waals surface area contributed by atoms with Gasteiger partial charge in [0, 0.05) is 38.8 Å². The standard InChI is InChI=1S/C23H32FN5O4/c1-4-32-21(33-5-2)15-29-14-20(26-27-29)23(31)28-10-8-18(9-11-28)22(30)25-13-17-7-6-16(3)19(24)12-17/h6-7,12,14,18,21H,4-5,8-11,13,15H2,1-3H3,(H,25,30). The normalized spacial score (nSPS) is 14.6. The first-order valence-electron chi connectivity index (χ1n) is 11.4. The van der Waals surface area contributed by atoms with Gasteiger partial charge in [-0.05, 0) is 50.8 Å². The topological polar surface area (TPSA) is 98.6 Å². The summed E-state index contributed by atoms with van der Waals surface area (Å²) in [7, 11) is 0. The first-order valence-corrected chi connectivity index (χ1v) is 11.4. The van der Waals surface area contributed by atoms with E-state index in [2.05, 4.69) is 15.6 Å². The molecule has 2 aromatic rings. The number of benzene rings is 1. The molecule has 0 atom stereocenters. The van der Waals surface area contributed by atoms with Gasteiger partial charge in [-0.15, -0.1) is 5.10 Å². The summed E-state index contributed by atoms with van der Waals surface area (Å²) < 4.78 is 26.2. The van der Waals surface area contributed by atoms with Gasteiger partial charge in [-0.2, -0.15) is 0 Å². The quantitative estimate of drug-likeness (QED) is 0.545. The Balaban J connectivity index is 1.47. The minimum atomic E-state index is -0.449. The van der Waals surface area contributed by atoms with Gasteiger partial charge >= 0.3 is 0 Å². The third-order valence-corrected chi connectivity index (χ3v) is 5.65. The lowest BCUT2D eigenvalue weighted by Gasteiger charge is -2.30. The summed E-state index contributed by atoms with van der Waals surface area (Å²) in [5, 5.41) is 10.9. The molecule has 0 radical (unpaired) electrons. The average molecular weight is 462 g/mol. The zero-order valence-electron chi connectivity index (χ0n) is 19.4. The number of aromatic nitrogens is 3. The van der Waals surface area contributed by atoms with Crippen molar-refractivity contribution in [3.63, 3.8) is 0 Å². The number of carbonyl (C=O) groups is 2. The minimum absolute atomic E-state index is 0.0769. The van der Waals surface area contributed by atoms with Crippen molar-refractivity contribution in [1.82, 2.24) is 25.2 Å². The Morgan fingerprint density at radius 2 is 1.91 bits per heavy atom. The molecule has 9 nitrogen and oxygen atoms in total. The number of nitrogens with one attached hydrogen (secondary N) is 1. The van der Waals surface area contributed by atoms with Crippen LogP contribution in [0.5, 0.6) is 0 Å². The maximum absolute atomic E-state index is 13.7. The highest BCUT2D eigenvalue weighted by atomic mass is 19.1. The van der Waals surface area contributed by atoms with Gasteiger partial charge in [0.15, 0.2) is 12.0 Å². The summed E-state index contributed by atoms with van der Waals surface area (Å²) in [4.78, 5) is 27.0. The first-order chi connectivity index (χ1) is 15.9. The highest BCUT2D eigenvalue weighted by molar-refractivity contribution is 5.92. The summed E-state index contributed by atoms with van der Waals surface area (Å²) >= 11 is 0. The van der Waals surface area contributed by atoms with Crippen LogP contribution in [0, 0.1) is 18.7 Å². The van der Waals surface area contributed by atoms with E-state index in [-0.39, 0.29) is 35.8 Å². The number of hydrogen-bond acceptors (Lipinski definition) is 6. The van der Waals surface area contributed by atoms with E-state index in [4.69, 9.17) is 9.47 Å². The molecule has 10 heteroatoms. The molecule has 1 fully saturated rings. The van der Waals surface area contributed by atoms with Gasteiger partial charge in [0.05, 0.1) is 12.7 Å². The van der Waals surface area contributed by atoms with Crippen LogP contribution >= 0.6 is 0 Å². The van der Waals surface area contributed by atoms with Crippen LogP contribution in [0.1, 0.15) is 48.3 Å². The lowest BCUT2D eigenvalue weighted by atomic mass is 9.95. The lowest BCUT2D eigenvalue weighted by Crippen LogP contribution is -2.43. The summed E-state index contributed by atoms with van der Waals surface area (Å²) in [6, 6.07) is 4.94. The van der Waals surface area contributed by atoms with E-state index in [0.29, 0.717) is 51.3 Å². The Morgan fingerprint density at radius 1 is 1.21 bits per heavy atom. The van der Waals surface area contributed by atoms with Gasteiger partial charge in [-0.1, -0.05) is 17.3 Å². The molecule has 0 aliphatic carbocycles. The molecule has 0 saturated carbocycles. The molecule has 1 aromatic heterocycles. The van der Waals surface area contributed by atoms with Crippen LogP contribution in [0.15, 0.2) is 24.4 Å². The van der Waals surface area contributed by atoms with E-state index in [0.717, 1.165) is 5.56 Å². The fourth-order valence-corrected chi connectivity index (χ4v) is 3.75. The molecular weight excluding hydrogens is 429 g/mol. The molecule has 0 unspecified atom stereocenters. The Kier molecular flexibility index (Phi) is 8.90. The molecule has 3 rings (SSSR count). The molecule has 180 valence electrons. The van der Waals surface area contributed by atoms with Gasteiger partial charge in [-0.25, -0.2) is 9.07 Å². The predicted molar refractivity (Wildman–Crippen MR) is 119 cm³/mol. The molecule has 0 spiro atoms. The van der Waals surface area contributed by atoms with Gasteiger partial charge in [0.25, 0.3) is 5.91 Å². The average Bonchev–Trinajstić information content (AvgIpc) is 3.28. The number of aryl methyl sites for hydroxylation is 1. The number of nitrogens with zero attached hydrogens (tertiary/aromatic N) is 4. The molecular formula is C23H32FN5O4. The van der Waals surface area contributed by atoms with E-state index >= 15 is 0 Å². The zero-order valence-corrected chi connectivity index (χ0v) is 19.4. The van der Waals surface area contributed by atoms with Gasteiger partial charge < -0.3 is 19.7 Å². The zero-order chi connectivity index (χ0) is 23.8. The summed E-state index contributed by atoms with van der Waals surface area (Å²) in [6.45, 7) is 8.03. The Labute approximate surface area is 193 Å². The smallest absolute Gasteiger partial charge is 0.276 e. The fraction of sp³-hybridized carbons (Fsp3) is 0.565. The summed E-state index contributed by atoms with van der Waals surface area (Å²) in [5.74, 6) is -0.749. The molecule has 2 heterocycles. The largest absolute Gasteiger partial charge is 0.352 e. The van der Waals surface area contributed by atoms with Crippen molar-refractivity contribution in [1.29, 1.82) is 0 Å². The van der Waals surface area contributed by atoms with E-state index < -0.39 is 6.29 Å². The SMILES string of the molecule is CCOC(Cn1cc(C(=O)N2CCC(C(=O)NCc3ccc(C)c(F)c3)CC2)nn1)OCC. The number of likely N-dealkylation sites (tertiary alicyclic amines) is 1. The van der Waals surface area contributed by atoms with E-state index in [1.165, 1.54) is 10.7 Å². The van der Waals surface area contributed by atoms with Crippen molar-refractivity contribution in [2.45, 2.75) is 53.0 Å². The Morgan fingerprint density at radius 3 is 2.55 bits per heavy atom. The van der Waals surface area contributed by atoms with E-state index in [9.17, 15) is 14.0 Å². The third-order valence-electron chi connectivity index (χ3n) is 5.65. The number of piperidine rings is 1. The maximum atomic E-state index is 13.7. The van der Waals surface area contributed by atoms with Crippen molar-refractivity contribution < 1.29 is 23.5 Å². The second-order valence-electron chi connectivity index (χ2n) is 8.03. The van der Waals surface area contributed by atoms with Crippen molar-refractivity contribution >= 4 is 11.8 Å².